The smallest absolute Gasteiger partial charge is 0.191 e. The third kappa shape index (κ3) is 7.36. The van der Waals surface area contributed by atoms with Gasteiger partial charge < -0.3 is 15.7 Å². The highest BCUT2D eigenvalue weighted by molar-refractivity contribution is 5.79. The standard InChI is InChI=1S/C24H38N6O/c1-4-25-23(27-19-24(2,31)22-16-28-29(3)18-22)26-15-20-10-9-11-21(14-20)17-30-12-7-5-6-8-13-30/h9-11,14,16,18,31H,4-8,12-13,15,17,19H2,1-3H3,(H2,25,26,27). The maximum Gasteiger partial charge on any atom is 0.191 e. The first-order chi connectivity index (χ1) is 15.0. The Bertz CT molecular complexity index is 836. The SMILES string of the molecule is CCNC(=NCc1cccc(CN2CCCCCC2)c1)NCC(C)(O)c1cnn(C)c1. The minimum Gasteiger partial charge on any atom is -0.383 e. The molecular weight excluding hydrogens is 388 g/mol. The van der Waals surface area contributed by atoms with Crippen LogP contribution in [0.4, 0.5) is 0 Å². The lowest BCUT2D eigenvalue weighted by Crippen LogP contribution is -2.44. The summed E-state index contributed by atoms with van der Waals surface area (Å²) in [5, 5.41) is 21.5. The molecule has 0 amide bonds. The van der Waals surface area contributed by atoms with Gasteiger partial charge in [-0.3, -0.25) is 9.58 Å². The van der Waals surface area contributed by atoms with Crippen molar-refractivity contribution in [1.82, 2.24) is 25.3 Å². The molecule has 1 aliphatic rings. The molecule has 2 aromatic rings. The van der Waals surface area contributed by atoms with Crippen LogP contribution in [0.2, 0.25) is 0 Å². The van der Waals surface area contributed by atoms with Crippen molar-refractivity contribution in [2.75, 3.05) is 26.2 Å². The molecule has 1 fully saturated rings. The molecule has 7 nitrogen and oxygen atoms in total. The van der Waals surface area contributed by atoms with Gasteiger partial charge in [0.1, 0.15) is 5.60 Å². The van der Waals surface area contributed by atoms with Crippen LogP contribution in [0.3, 0.4) is 0 Å². The summed E-state index contributed by atoms with van der Waals surface area (Å²) >= 11 is 0. The zero-order chi connectivity index (χ0) is 22.1. The van der Waals surface area contributed by atoms with Gasteiger partial charge >= 0.3 is 0 Å². The van der Waals surface area contributed by atoms with Gasteiger partial charge in [0.2, 0.25) is 0 Å². The second-order valence-electron chi connectivity index (χ2n) is 8.74. The minimum absolute atomic E-state index is 0.347. The molecule has 0 bridgehead atoms. The van der Waals surface area contributed by atoms with Gasteiger partial charge in [-0.15, -0.1) is 0 Å². The normalized spacial score (nSPS) is 17.7. The van der Waals surface area contributed by atoms with E-state index in [9.17, 15) is 5.11 Å². The first-order valence-electron chi connectivity index (χ1n) is 11.5. The third-order valence-electron chi connectivity index (χ3n) is 5.79. The maximum absolute atomic E-state index is 10.8. The van der Waals surface area contributed by atoms with Crippen molar-refractivity contribution in [2.24, 2.45) is 12.0 Å². The number of hydrogen-bond donors (Lipinski definition) is 3. The fraction of sp³-hybridized carbons (Fsp3) is 0.583. The van der Waals surface area contributed by atoms with Crippen molar-refractivity contribution >= 4 is 5.96 Å². The predicted molar refractivity (Wildman–Crippen MR) is 126 cm³/mol. The number of aliphatic hydroxyl groups is 1. The van der Waals surface area contributed by atoms with Crippen LogP contribution in [0.1, 0.15) is 56.2 Å². The number of guanidine groups is 1. The molecule has 3 rings (SSSR count). The number of nitrogens with one attached hydrogen (secondary N) is 2. The number of likely N-dealkylation sites (tertiary alicyclic amines) is 1. The second kappa shape index (κ2) is 11.3. The van der Waals surface area contributed by atoms with Crippen LogP contribution < -0.4 is 10.6 Å². The van der Waals surface area contributed by atoms with E-state index in [2.05, 4.69) is 44.9 Å². The maximum atomic E-state index is 10.8. The van der Waals surface area contributed by atoms with E-state index in [1.165, 1.54) is 49.9 Å². The van der Waals surface area contributed by atoms with E-state index in [-0.39, 0.29) is 0 Å². The molecule has 1 saturated heterocycles. The zero-order valence-corrected chi connectivity index (χ0v) is 19.3. The van der Waals surface area contributed by atoms with E-state index in [0.717, 1.165) is 18.7 Å². The lowest BCUT2D eigenvalue weighted by Gasteiger charge is -2.23. The average Bonchev–Trinajstić information content (AvgIpc) is 3.04. The molecule has 1 aromatic heterocycles. The number of rotatable bonds is 8. The van der Waals surface area contributed by atoms with Crippen LogP contribution in [-0.4, -0.2) is 51.9 Å². The average molecular weight is 427 g/mol. The van der Waals surface area contributed by atoms with Gasteiger partial charge in [-0.05, 0) is 50.9 Å². The molecule has 0 radical (unpaired) electrons. The van der Waals surface area contributed by atoms with Crippen molar-refractivity contribution in [3.8, 4) is 0 Å². The zero-order valence-electron chi connectivity index (χ0n) is 19.3. The van der Waals surface area contributed by atoms with Gasteiger partial charge in [0.05, 0.1) is 19.3 Å². The molecule has 1 atom stereocenters. The van der Waals surface area contributed by atoms with Gasteiger partial charge in [0, 0.05) is 31.9 Å². The summed E-state index contributed by atoms with van der Waals surface area (Å²) in [5.41, 5.74) is 2.30. The summed E-state index contributed by atoms with van der Waals surface area (Å²) < 4.78 is 1.70. The first kappa shape index (κ1) is 23.3. The van der Waals surface area contributed by atoms with Crippen molar-refractivity contribution in [3.05, 3.63) is 53.3 Å². The summed E-state index contributed by atoms with van der Waals surface area (Å²) in [4.78, 5) is 7.31. The molecule has 1 aromatic carbocycles. The molecule has 31 heavy (non-hydrogen) atoms. The number of aliphatic imine (C=N–C) groups is 1. The third-order valence-corrected chi connectivity index (χ3v) is 5.79. The van der Waals surface area contributed by atoms with Crippen LogP contribution in [0, 0.1) is 0 Å². The Hall–Kier alpha value is -2.38. The van der Waals surface area contributed by atoms with E-state index in [1.807, 2.05) is 20.2 Å². The van der Waals surface area contributed by atoms with Crippen molar-refractivity contribution in [1.29, 1.82) is 0 Å². The summed E-state index contributed by atoms with van der Waals surface area (Å²) in [6.07, 6.45) is 8.87. The van der Waals surface area contributed by atoms with Gasteiger partial charge in [0.15, 0.2) is 5.96 Å². The Labute approximate surface area is 186 Å². The number of hydrogen-bond acceptors (Lipinski definition) is 4. The lowest BCUT2D eigenvalue weighted by atomic mass is 10.00. The largest absolute Gasteiger partial charge is 0.383 e. The van der Waals surface area contributed by atoms with Crippen molar-refractivity contribution in [3.63, 3.8) is 0 Å². The number of aromatic nitrogens is 2. The summed E-state index contributed by atoms with van der Waals surface area (Å²) in [5.74, 6) is 0.699. The second-order valence-corrected chi connectivity index (χ2v) is 8.74. The number of aryl methyl sites for hydroxylation is 1. The Morgan fingerprint density at radius 3 is 2.58 bits per heavy atom. The van der Waals surface area contributed by atoms with Crippen molar-refractivity contribution < 1.29 is 5.11 Å². The van der Waals surface area contributed by atoms with Crippen molar-refractivity contribution in [2.45, 2.75) is 58.2 Å². The van der Waals surface area contributed by atoms with Gasteiger partial charge in [-0.2, -0.15) is 5.10 Å². The fourth-order valence-electron chi connectivity index (χ4n) is 3.95. The van der Waals surface area contributed by atoms with E-state index >= 15 is 0 Å². The number of nitrogens with zero attached hydrogens (tertiary/aromatic N) is 4. The summed E-state index contributed by atoms with van der Waals surface area (Å²) in [6, 6.07) is 8.74. The molecule has 1 aliphatic heterocycles. The molecule has 3 N–H and O–H groups in total. The monoisotopic (exact) mass is 426 g/mol. The molecular formula is C24H38N6O. The number of benzene rings is 1. The quantitative estimate of drug-likeness (QED) is 0.447. The van der Waals surface area contributed by atoms with Gasteiger partial charge in [0.25, 0.3) is 0 Å². The van der Waals surface area contributed by atoms with E-state index in [1.54, 1.807) is 17.8 Å². The summed E-state index contributed by atoms with van der Waals surface area (Å²) in [7, 11) is 1.85. The Balaban J connectivity index is 1.59. The Kier molecular flexibility index (Phi) is 8.49. The highest BCUT2D eigenvalue weighted by Gasteiger charge is 2.25. The van der Waals surface area contributed by atoms with Crippen LogP contribution in [0.5, 0.6) is 0 Å². The van der Waals surface area contributed by atoms with Crippen LogP contribution >= 0.6 is 0 Å². The predicted octanol–water partition coefficient (Wildman–Crippen LogP) is 2.76. The Morgan fingerprint density at radius 2 is 1.90 bits per heavy atom. The molecule has 2 heterocycles. The molecule has 7 heteroatoms. The molecule has 170 valence electrons. The Morgan fingerprint density at radius 1 is 1.16 bits per heavy atom. The van der Waals surface area contributed by atoms with E-state index in [0.29, 0.717) is 19.0 Å². The van der Waals surface area contributed by atoms with E-state index in [4.69, 9.17) is 4.99 Å². The fourth-order valence-corrected chi connectivity index (χ4v) is 3.95. The molecule has 0 spiro atoms. The van der Waals surface area contributed by atoms with Crippen LogP contribution in [0.15, 0.2) is 41.7 Å². The molecule has 1 unspecified atom stereocenters. The highest BCUT2D eigenvalue weighted by Crippen LogP contribution is 2.18. The topological polar surface area (TPSA) is 77.7 Å². The minimum atomic E-state index is -1.03. The van der Waals surface area contributed by atoms with Crippen LogP contribution in [-0.2, 0) is 25.7 Å². The molecule has 0 aliphatic carbocycles. The highest BCUT2D eigenvalue weighted by atomic mass is 16.3. The molecule has 0 saturated carbocycles. The van der Waals surface area contributed by atoms with Gasteiger partial charge in [-0.25, -0.2) is 4.99 Å². The summed E-state index contributed by atoms with van der Waals surface area (Å²) in [6.45, 7) is 8.95. The van der Waals surface area contributed by atoms with E-state index < -0.39 is 5.60 Å². The van der Waals surface area contributed by atoms with Gasteiger partial charge in [-0.1, -0.05) is 37.1 Å². The lowest BCUT2D eigenvalue weighted by molar-refractivity contribution is 0.0616. The van der Waals surface area contributed by atoms with Crippen LogP contribution in [0.25, 0.3) is 0 Å². The first-order valence-corrected chi connectivity index (χ1v) is 11.5.